The Bertz CT molecular complexity index is 1440. The van der Waals surface area contributed by atoms with E-state index in [0.29, 0.717) is 24.6 Å². The molecule has 6 rings (SSSR count). The Morgan fingerprint density at radius 1 is 1.21 bits per heavy atom. The molecule has 0 N–H and O–H groups in total. The Balaban J connectivity index is 1.50. The summed E-state index contributed by atoms with van der Waals surface area (Å²) in [6, 6.07) is 7.05. The molecule has 3 aromatic rings. The highest BCUT2D eigenvalue weighted by Gasteiger charge is 2.36. The minimum absolute atomic E-state index is 0.172. The topological polar surface area (TPSA) is 95.5 Å². The molecule has 204 valence electrons. The molecule has 0 unspecified atom stereocenters. The zero-order valence-corrected chi connectivity index (χ0v) is 23.2. The minimum Gasteiger partial charge on any atom is -0.381 e. The van der Waals surface area contributed by atoms with Crippen LogP contribution in [0.4, 0.5) is 17.2 Å². The molecule has 0 saturated carbocycles. The highest BCUT2D eigenvalue weighted by atomic mass is 16.5. The Kier molecular flexibility index (Phi) is 6.55. The molecule has 1 atom stereocenters. The number of nitriles is 1. The smallest absolute Gasteiger partial charge is 0.222 e. The summed E-state index contributed by atoms with van der Waals surface area (Å²) in [6.07, 6.45) is 6.92. The van der Waals surface area contributed by atoms with Gasteiger partial charge in [-0.1, -0.05) is 6.92 Å². The van der Waals surface area contributed by atoms with Crippen LogP contribution in [0.1, 0.15) is 56.0 Å². The van der Waals surface area contributed by atoms with Crippen LogP contribution in [0.2, 0.25) is 0 Å². The third kappa shape index (κ3) is 4.35. The van der Waals surface area contributed by atoms with Gasteiger partial charge in [-0.3, -0.25) is 14.2 Å². The maximum atomic E-state index is 12.7. The molecule has 1 saturated heterocycles. The van der Waals surface area contributed by atoms with Crippen molar-refractivity contribution in [3.63, 3.8) is 0 Å². The standard InChI is InChI=1S/C29H36N8O2/c1-5-28(38)35-9-6-25-24(18-35)29(32-37(25)22-7-10-39-11-8-22)36-16-19(2)34(4)26-13-23(20(14-30)12-27(26)36)21-15-31-33(3)17-21/h12-13,15,17,19,22H,5-11,16,18H2,1-4H3/t19-/m0/s1. The predicted octanol–water partition coefficient (Wildman–Crippen LogP) is 3.78. The van der Waals surface area contributed by atoms with Gasteiger partial charge in [0.25, 0.3) is 0 Å². The van der Waals surface area contributed by atoms with Crippen molar-refractivity contribution in [2.24, 2.45) is 7.05 Å². The van der Waals surface area contributed by atoms with E-state index < -0.39 is 0 Å². The number of benzene rings is 1. The fourth-order valence-electron chi connectivity index (χ4n) is 6.20. The Morgan fingerprint density at radius 3 is 2.69 bits per heavy atom. The minimum atomic E-state index is 0.172. The van der Waals surface area contributed by atoms with E-state index in [1.54, 1.807) is 10.9 Å². The molecule has 0 aliphatic carbocycles. The van der Waals surface area contributed by atoms with Gasteiger partial charge in [0.15, 0.2) is 5.82 Å². The number of aromatic nitrogens is 4. The van der Waals surface area contributed by atoms with Crippen LogP contribution >= 0.6 is 0 Å². The van der Waals surface area contributed by atoms with Crippen LogP contribution in [0.15, 0.2) is 24.5 Å². The second-order valence-corrected chi connectivity index (χ2v) is 10.9. The average molecular weight is 529 g/mol. The molecular weight excluding hydrogens is 492 g/mol. The quantitative estimate of drug-likeness (QED) is 0.509. The van der Waals surface area contributed by atoms with Gasteiger partial charge in [0.2, 0.25) is 5.91 Å². The fraction of sp³-hybridized carbons (Fsp3) is 0.517. The highest BCUT2D eigenvalue weighted by Crippen LogP contribution is 2.45. The summed E-state index contributed by atoms with van der Waals surface area (Å²) in [4.78, 5) is 19.3. The van der Waals surface area contributed by atoms with Gasteiger partial charge in [-0.2, -0.15) is 15.5 Å². The molecule has 1 amide bonds. The SMILES string of the molecule is CCC(=O)N1CCc2c(c(N3C[C@H](C)N(C)c4cc(-c5cnn(C)c5)c(C#N)cc43)nn2C2CCOCC2)C1. The van der Waals surface area contributed by atoms with E-state index in [9.17, 15) is 10.1 Å². The highest BCUT2D eigenvalue weighted by molar-refractivity contribution is 5.87. The number of fused-ring (bicyclic) bond motifs is 2. The molecule has 3 aliphatic heterocycles. The number of likely N-dealkylation sites (N-methyl/N-ethyl adjacent to an activating group) is 1. The first-order valence-corrected chi connectivity index (χ1v) is 13.9. The Labute approximate surface area is 229 Å². The maximum Gasteiger partial charge on any atom is 0.222 e. The lowest BCUT2D eigenvalue weighted by Crippen LogP contribution is -2.44. The summed E-state index contributed by atoms with van der Waals surface area (Å²) in [5, 5.41) is 19.8. The van der Waals surface area contributed by atoms with Crippen molar-refractivity contribution in [2.45, 2.75) is 58.2 Å². The normalized spacial score (nSPS) is 19.6. The lowest BCUT2D eigenvalue weighted by molar-refractivity contribution is -0.131. The molecule has 39 heavy (non-hydrogen) atoms. The number of carbonyl (C=O) groups is 1. The van der Waals surface area contributed by atoms with Gasteiger partial charge in [0.05, 0.1) is 41.8 Å². The summed E-state index contributed by atoms with van der Waals surface area (Å²) in [7, 11) is 3.99. The second kappa shape index (κ2) is 10.0. The first-order valence-electron chi connectivity index (χ1n) is 13.9. The number of rotatable bonds is 4. The van der Waals surface area contributed by atoms with Gasteiger partial charge >= 0.3 is 0 Å². The molecule has 1 aromatic carbocycles. The molecule has 1 fully saturated rings. The van der Waals surface area contributed by atoms with Crippen LogP contribution in [-0.2, 0) is 29.5 Å². The Hall–Kier alpha value is -3.84. The van der Waals surface area contributed by atoms with Crippen LogP contribution in [0.3, 0.4) is 0 Å². The van der Waals surface area contributed by atoms with Crippen molar-refractivity contribution in [3.8, 4) is 17.2 Å². The molecule has 0 bridgehead atoms. The Morgan fingerprint density at radius 2 is 2.00 bits per heavy atom. The average Bonchev–Trinajstić information content (AvgIpc) is 3.57. The van der Waals surface area contributed by atoms with E-state index in [0.717, 1.165) is 79.4 Å². The lowest BCUT2D eigenvalue weighted by Gasteiger charge is -2.41. The largest absolute Gasteiger partial charge is 0.381 e. The van der Waals surface area contributed by atoms with Crippen LogP contribution in [0.5, 0.6) is 0 Å². The summed E-state index contributed by atoms with van der Waals surface area (Å²) in [5.41, 5.74) is 6.79. The summed E-state index contributed by atoms with van der Waals surface area (Å²) in [5.74, 6) is 1.08. The second-order valence-electron chi connectivity index (χ2n) is 10.9. The van der Waals surface area contributed by atoms with E-state index in [1.807, 2.05) is 31.1 Å². The van der Waals surface area contributed by atoms with Gasteiger partial charge in [-0.15, -0.1) is 0 Å². The number of amides is 1. The van der Waals surface area contributed by atoms with Crippen LogP contribution in [0, 0.1) is 11.3 Å². The predicted molar refractivity (Wildman–Crippen MR) is 149 cm³/mol. The van der Waals surface area contributed by atoms with E-state index in [4.69, 9.17) is 9.84 Å². The van der Waals surface area contributed by atoms with Gasteiger partial charge in [0.1, 0.15) is 0 Å². The van der Waals surface area contributed by atoms with Crippen molar-refractivity contribution in [1.29, 1.82) is 5.26 Å². The van der Waals surface area contributed by atoms with Gasteiger partial charge in [-0.25, -0.2) is 0 Å². The van der Waals surface area contributed by atoms with Crippen molar-refractivity contribution in [2.75, 3.05) is 43.2 Å². The monoisotopic (exact) mass is 528 g/mol. The third-order valence-corrected chi connectivity index (χ3v) is 8.54. The zero-order valence-electron chi connectivity index (χ0n) is 23.2. The third-order valence-electron chi connectivity index (χ3n) is 8.54. The number of anilines is 3. The zero-order chi connectivity index (χ0) is 27.3. The molecule has 5 heterocycles. The van der Waals surface area contributed by atoms with E-state index >= 15 is 0 Å². The van der Waals surface area contributed by atoms with Gasteiger partial charge in [-0.05, 0) is 31.9 Å². The number of aryl methyl sites for hydroxylation is 1. The molecular formula is C29H36N8O2. The number of carbonyl (C=O) groups excluding carboxylic acids is 1. The first kappa shape index (κ1) is 25.4. The lowest BCUT2D eigenvalue weighted by atomic mass is 9.97. The molecule has 3 aliphatic rings. The van der Waals surface area contributed by atoms with E-state index in [2.05, 4.69) is 45.7 Å². The number of ether oxygens (including phenoxy) is 1. The summed E-state index contributed by atoms with van der Waals surface area (Å²) in [6.45, 7) is 7.64. The van der Waals surface area contributed by atoms with E-state index in [-0.39, 0.29) is 11.9 Å². The number of hydrogen-bond donors (Lipinski definition) is 0. The summed E-state index contributed by atoms with van der Waals surface area (Å²) < 4.78 is 9.64. The van der Waals surface area contributed by atoms with Crippen molar-refractivity contribution in [3.05, 3.63) is 41.3 Å². The van der Waals surface area contributed by atoms with Gasteiger partial charge in [0, 0.05) is 87.9 Å². The van der Waals surface area contributed by atoms with E-state index in [1.165, 1.54) is 5.69 Å². The maximum absolute atomic E-state index is 12.7. The molecule has 0 spiro atoms. The first-order chi connectivity index (χ1) is 18.9. The van der Waals surface area contributed by atoms with Crippen molar-refractivity contribution >= 4 is 23.1 Å². The summed E-state index contributed by atoms with van der Waals surface area (Å²) >= 11 is 0. The van der Waals surface area contributed by atoms with Gasteiger partial charge < -0.3 is 19.4 Å². The number of nitrogens with zero attached hydrogens (tertiary/aromatic N) is 8. The van der Waals surface area contributed by atoms with Crippen molar-refractivity contribution < 1.29 is 9.53 Å². The van der Waals surface area contributed by atoms with Crippen molar-refractivity contribution in [1.82, 2.24) is 24.5 Å². The van der Waals surface area contributed by atoms with Crippen LogP contribution in [0.25, 0.3) is 11.1 Å². The molecule has 2 aromatic heterocycles. The number of hydrogen-bond acceptors (Lipinski definition) is 7. The molecule has 10 nitrogen and oxygen atoms in total. The van der Waals surface area contributed by atoms with Crippen LogP contribution < -0.4 is 9.80 Å². The molecule has 0 radical (unpaired) electrons. The fourth-order valence-corrected chi connectivity index (χ4v) is 6.20. The molecule has 10 heteroatoms. The van der Waals surface area contributed by atoms with Crippen LogP contribution in [-0.4, -0.2) is 69.8 Å².